The van der Waals surface area contributed by atoms with Gasteiger partial charge < -0.3 is 15.8 Å². The van der Waals surface area contributed by atoms with Crippen LogP contribution in [0.3, 0.4) is 0 Å². The number of nitrogen functional groups attached to an aromatic ring is 1. The summed E-state index contributed by atoms with van der Waals surface area (Å²) in [5, 5.41) is 8.07. The van der Waals surface area contributed by atoms with Crippen LogP contribution in [0.4, 0.5) is 11.5 Å². The number of nitrogens with zero attached hydrogens (tertiary/aromatic N) is 2. The Kier molecular flexibility index (Phi) is 5.40. The minimum absolute atomic E-state index is 0.163. The molecule has 0 radical (unpaired) electrons. The van der Waals surface area contributed by atoms with Crippen LogP contribution in [-0.2, 0) is 4.74 Å². The topological polar surface area (TPSA) is 82.2 Å². The number of esters is 1. The highest BCUT2D eigenvalue weighted by molar-refractivity contribution is 7.98. The quantitative estimate of drug-likeness (QED) is 0.504. The zero-order valence-electron chi connectivity index (χ0n) is 12.2. The summed E-state index contributed by atoms with van der Waals surface area (Å²) in [6, 6.07) is 9.41. The van der Waals surface area contributed by atoms with Crippen LogP contribution in [0.5, 0.6) is 0 Å². The van der Waals surface area contributed by atoms with Crippen molar-refractivity contribution in [3.63, 3.8) is 0 Å². The molecule has 8 heteroatoms. The molecule has 0 amide bonds. The van der Waals surface area contributed by atoms with Crippen molar-refractivity contribution in [2.75, 3.05) is 23.9 Å². The highest BCUT2D eigenvalue weighted by Gasteiger charge is 2.24. The number of aromatic nitrogens is 2. The molecular weight excluding hydrogens is 320 g/mol. The summed E-state index contributed by atoms with van der Waals surface area (Å²) in [7, 11) is 0. The second kappa shape index (κ2) is 7.28. The molecule has 0 aliphatic rings. The van der Waals surface area contributed by atoms with Gasteiger partial charge in [-0.3, -0.25) is 0 Å². The number of anilines is 2. The maximum Gasteiger partial charge on any atom is 0.344 e. The predicted octanol–water partition coefficient (Wildman–Crippen LogP) is 2.61. The molecule has 22 heavy (non-hydrogen) atoms. The van der Waals surface area contributed by atoms with Crippen molar-refractivity contribution in [3.05, 3.63) is 35.9 Å². The van der Waals surface area contributed by atoms with Gasteiger partial charge in [0, 0.05) is 5.69 Å². The van der Waals surface area contributed by atoms with Crippen LogP contribution in [0.2, 0.25) is 0 Å². The zero-order valence-corrected chi connectivity index (χ0v) is 13.8. The molecule has 6 nitrogen and oxygen atoms in total. The number of hydrogen-bond donors (Lipinski definition) is 2. The number of thiocarbonyl (C=S) groups is 1. The number of para-hydroxylation sites is 1. The largest absolute Gasteiger partial charge is 0.462 e. The van der Waals surface area contributed by atoms with E-state index in [2.05, 4.69) is 10.4 Å². The monoisotopic (exact) mass is 336 g/mol. The van der Waals surface area contributed by atoms with E-state index in [1.165, 1.54) is 16.4 Å². The summed E-state index contributed by atoms with van der Waals surface area (Å²) >= 11 is 6.62. The van der Waals surface area contributed by atoms with Gasteiger partial charge in [-0.05, 0) is 37.5 Å². The van der Waals surface area contributed by atoms with E-state index in [9.17, 15) is 4.79 Å². The van der Waals surface area contributed by atoms with E-state index in [1.54, 1.807) is 6.92 Å². The number of nitrogens with two attached hydrogens (primary N) is 1. The van der Waals surface area contributed by atoms with Crippen LogP contribution >= 0.6 is 24.0 Å². The molecule has 0 saturated carbocycles. The van der Waals surface area contributed by atoms with E-state index in [0.29, 0.717) is 5.03 Å². The van der Waals surface area contributed by atoms with Crippen molar-refractivity contribution < 1.29 is 9.53 Å². The second-order valence-electron chi connectivity index (χ2n) is 4.20. The fraction of sp³-hybridized carbons (Fsp3) is 0.214. The van der Waals surface area contributed by atoms with Gasteiger partial charge in [0.15, 0.2) is 5.11 Å². The van der Waals surface area contributed by atoms with Crippen molar-refractivity contribution in [1.29, 1.82) is 0 Å². The number of ether oxygens (including phenoxy) is 1. The average molecular weight is 336 g/mol. The Morgan fingerprint density at radius 3 is 2.73 bits per heavy atom. The molecule has 3 N–H and O–H groups in total. The maximum absolute atomic E-state index is 12.0. The Balaban J connectivity index is 2.31. The second-order valence-corrected chi connectivity index (χ2v) is 5.38. The Morgan fingerprint density at radius 1 is 1.45 bits per heavy atom. The summed E-state index contributed by atoms with van der Waals surface area (Å²) in [4.78, 5) is 12.0. The number of rotatable bonds is 4. The van der Waals surface area contributed by atoms with E-state index in [4.69, 9.17) is 22.7 Å². The lowest BCUT2D eigenvalue weighted by Gasteiger charge is -2.09. The molecule has 0 bridgehead atoms. The first-order chi connectivity index (χ1) is 10.6. The first-order valence-corrected chi connectivity index (χ1v) is 8.17. The van der Waals surface area contributed by atoms with Crippen molar-refractivity contribution in [2.24, 2.45) is 0 Å². The summed E-state index contributed by atoms with van der Waals surface area (Å²) in [5.74, 6) is -0.339. The number of nitrogens with one attached hydrogen (secondary N) is 1. The normalized spacial score (nSPS) is 10.3. The Bertz CT molecular complexity index is 686. The van der Waals surface area contributed by atoms with Gasteiger partial charge in [0.2, 0.25) is 0 Å². The van der Waals surface area contributed by atoms with Gasteiger partial charge >= 0.3 is 5.97 Å². The molecule has 0 atom stereocenters. The van der Waals surface area contributed by atoms with Gasteiger partial charge in [0.05, 0.1) is 6.61 Å². The first-order valence-electron chi connectivity index (χ1n) is 6.54. The summed E-state index contributed by atoms with van der Waals surface area (Å²) < 4.78 is 6.35. The molecule has 0 unspecified atom stereocenters. The van der Waals surface area contributed by atoms with Gasteiger partial charge in [-0.2, -0.15) is 9.78 Å². The number of benzene rings is 1. The van der Waals surface area contributed by atoms with Crippen LogP contribution in [0, 0.1) is 0 Å². The summed E-state index contributed by atoms with van der Waals surface area (Å²) in [6.07, 6.45) is 1.81. The number of carbonyl (C=O) groups is 1. The van der Waals surface area contributed by atoms with Crippen LogP contribution in [0.25, 0.3) is 0 Å². The Hall–Kier alpha value is -2.06. The molecule has 2 rings (SSSR count). The molecular formula is C14H16N4O2S2. The molecule has 1 aromatic heterocycles. The number of hydrogen-bond acceptors (Lipinski definition) is 6. The first kappa shape index (κ1) is 16.3. The third-order valence-corrected chi connectivity index (χ3v) is 3.73. The molecule has 0 aliphatic heterocycles. The van der Waals surface area contributed by atoms with Crippen LogP contribution in [-0.4, -0.2) is 33.7 Å². The van der Waals surface area contributed by atoms with Crippen LogP contribution < -0.4 is 11.1 Å². The molecule has 0 fully saturated rings. The SMILES string of the molecule is CCOC(=O)c1c(SC)nn(C(=S)Nc2ccccc2)c1N. The van der Waals surface area contributed by atoms with Gasteiger partial charge in [-0.15, -0.1) is 11.8 Å². The predicted molar refractivity (Wildman–Crippen MR) is 92.4 cm³/mol. The van der Waals surface area contributed by atoms with Crippen LogP contribution in [0.15, 0.2) is 35.4 Å². The lowest BCUT2D eigenvalue weighted by atomic mass is 10.3. The van der Waals surface area contributed by atoms with E-state index < -0.39 is 5.97 Å². The highest BCUT2D eigenvalue weighted by Crippen LogP contribution is 2.26. The molecule has 0 spiro atoms. The summed E-state index contributed by atoms with van der Waals surface area (Å²) in [6.45, 7) is 2.00. The minimum Gasteiger partial charge on any atom is -0.462 e. The third kappa shape index (κ3) is 3.40. The van der Waals surface area contributed by atoms with E-state index in [-0.39, 0.29) is 23.1 Å². The fourth-order valence-electron chi connectivity index (χ4n) is 1.80. The van der Waals surface area contributed by atoms with Crippen molar-refractivity contribution in [2.45, 2.75) is 11.9 Å². The van der Waals surface area contributed by atoms with E-state index in [1.807, 2.05) is 36.6 Å². The highest BCUT2D eigenvalue weighted by atomic mass is 32.2. The molecule has 2 aromatic rings. The molecule has 0 saturated heterocycles. The van der Waals surface area contributed by atoms with Gasteiger partial charge in [0.25, 0.3) is 0 Å². The van der Waals surface area contributed by atoms with Gasteiger partial charge in [-0.25, -0.2) is 4.79 Å². The Labute approximate surface area is 138 Å². The number of thioether (sulfide) groups is 1. The maximum atomic E-state index is 12.0. The van der Waals surface area contributed by atoms with Crippen LogP contribution in [0.1, 0.15) is 17.3 Å². The standard InChI is InChI=1S/C14H16N4O2S2/c1-3-20-13(19)10-11(15)18(17-12(10)22-2)14(21)16-9-7-5-4-6-8-9/h4-8H,3,15H2,1-2H3,(H,16,21). The molecule has 116 valence electrons. The average Bonchev–Trinajstić information content (AvgIpc) is 2.85. The van der Waals surface area contributed by atoms with E-state index in [0.717, 1.165) is 5.69 Å². The van der Waals surface area contributed by atoms with Gasteiger partial charge in [-0.1, -0.05) is 18.2 Å². The van der Waals surface area contributed by atoms with Crippen molar-refractivity contribution in [3.8, 4) is 0 Å². The fourth-order valence-corrected chi connectivity index (χ4v) is 2.61. The molecule has 1 aromatic carbocycles. The third-order valence-electron chi connectivity index (χ3n) is 2.78. The summed E-state index contributed by atoms with van der Waals surface area (Å²) in [5.41, 5.74) is 7.08. The Morgan fingerprint density at radius 2 is 2.14 bits per heavy atom. The zero-order chi connectivity index (χ0) is 16.1. The smallest absolute Gasteiger partial charge is 0.344 e. The minimum atomic E-state index is -0.502. The van der Waals surface area contributed by atoms with E-state index >= 15 is 0 Å². The molecule has 1 heterocycles. The number of carbonyl (C=O) groups excluding carboxylic acids is 1. The lowest BCUT2D eigenvalue weighted by molar-refractivity contribution is 0.0523. The molecule has 0 aliphatic carbocycles. The van der Waals surface area contributed by atoms with Crippen molar-refractivity contribution in [1.82, 2.24) is 9.78 Å². The van der Waals surface area contributed by atoms with Crippen molar-refractivity contribution >= 4 is 46.6 Å². The lowest BCUT2D eigenvalue weighted by Crippen LogP contribution is -2.22. The van der Waals surface area contributed by atoms with Gasteiger partial charge in [0.1, 0.15) is 16.4 Å².